The van der Waals surface area contributed by atoms with E-state index in [-0.39, 0.29) is 11.6 Å². The highest BCUT2D eigenvalue weighted by Gasteiger charge is 2.35. The Hall–Kier alpha value is -5.56. The fraction of sp³-hybridized carbons (Fsp3) is 0.167. The van der Waals surface area contributed by atoms with Gasteiger partial charge in [-0.15, -0.1) is 0 Å². The van der Waals surface area contributed by atoms with Gasteiger partial charge in [0.1, 0.15) is 36.1 Å². The van der Waals surface area contributed by atoms with E-state index in [9.17, 15) is 50.8 Å². The van der Waals surface area contributed by atoms with Crippen LogP contribution in [-0.4, -0.2) is 72.4 Å². The topological polar surface area (TPSA) is 288 Å². The molecule has 0 radical (unpaired) electrons. The molecule has 0 aliphatic rings. The fourth-order valence-electron chi connectivity index (χ4n) is 3.90. The number of nitrogens with zero attached hydrogens (tertiary/aromatic N) is 5. The number of nitrogens with one attached hydrogen (secondary N) is 2. The molecule has 18 heteroatoms. The summed E-state index contributed by atoms with van der Waals surface area (Å²) in [7, 11) is 0. The summed E-state index contributed by atoms with van der Waals surface area (Å²) >= 11 is 0. The summed E-state index contributed by atoms with van der Waals surface area (Å²) in [5.41, 5.74) is -0.359. The van der Waals surface area contributed by atoms with Crippen LogP contribution in [-0.2, 0) is 0 Å². The molecule has 218 valence electrons. The maximum atomic E-state index is 10.4. The van der Waals surface area contributed by atoms with Gasteiger partial charge in [0.2, 0.25) is 0 Å². The number of aliphatic hydroxyl groups is 4. The molecule has 0 aliphatic heterocycles. The van der Waals surface area contributed by atoms with Crippen molar-refractivity contribution in [3.8, 4) is 5.75 Å². The van der Waals surface area contributed by atoms with Crippen molar-refractivity contribution in [2.75, 3.05) is 0 Å². The Morgan fingerprint density at radius 2 is 1.02 bits per heavy atom. The number of aliphatic hydroxyl groups excluding tert-OH is 4. The van der Waals surface area contributed by atoms with Gasteiger partial charge in [-0.2, -0.15) is 0 Å². The van der Waals surface area contributed by atoms with Gasteiger partial charge in [0.05, 0.1) is 49.0 Å². The van der Waals surface area contributed by atoms with Crippen molar-refractivity contribution in [2.24, 2.45) is 0 Å². The number of aromatic hydroxyl groups is 1. The highest BCUT2D eigenvalue weighted by Crippen LogP contribution is 2.39. The predicted octanol–water partition coefficient (Wildman–Crippen LogP) is 2.04. The van der Waals surface area contributed by atoms with Gasteiger partial charge in [-0.3, -0.25) is 30.3 Å². The molecule has 2 aromatic heterocycles. The Kier molecular flexibility index (Phi) is 8.33. The molecule has 42 heavy (non-hydrogen) atoms. The predicted molar refractivity (Wildman–Crippen MR) is 142 cm³/mol. The molecule has 0 fully saturated rings. The highest BCUT2D eigenvalue weighted by molar-refractivity contribution is 5.75. The zero-order valence-electron chi connectivity index (χ0n) is 21.0. The largest absolute Gasteiger partial charge is 0.497 e. The lowest BCUT2D eigenvalue weighted by Crippen LogP contribution is -2.37. The number of rotatable bonds is 8. The van der Waals surface area contributed by atoms with Gasteiger partial charge in [-0.1, -0.05) is 24.3 Å². The monoisotopic (exact) mass is 583 g/mol. The molecule has 18 nitrogen and oxygen atoms in total. The Balaban J connectivity index is 0.000000219. The molecule has 0 spiro atoms. The van der Waals surface area contributed by atoms with Crippen molar-refractivity contribution in [2.45, 2.75) is 24.4 Å². The summed E-state index contributed by atoms with van der Waals surface area (Å²) in [6.45, 7) is 0. The highest BCUT2D eigenvalue weighted by atomic mass is 16.6. The molecule has 0 bridgehead atoms. The lowest BCUT2D eigenvalue weighted by atomic mass is 10.0. The number of hydrogen-bond acceptors (Lipinski definition) is 13. The number of aromatic amines is 2. The minimum atomic E-state index is -1.67. The first-order chi connectivity index (χ1) is 19.9. The van der Waals surface area contributed by atoms with Gasteiger partial charge in [-0.25, -0.2) is 9.97 Å². The summed E-state index contributed by atoms with van der Waals surface area (Å²) in [6, 6.07) is 15.2. The second kappa shape index (κ2) is 11.9. The van der Waals surface area contributed by atoms with E-state index in [0.717, 1.165) is 0 Å². The summed E-state index contributed by atoms with van der Waals surface area (Å²) < 4.78 is 0. The van der Waals surface area contributed by atoms with Crippen LogP contribution >= 0.6 is 0 Å². The van der Waals surface area contributed by atoms with Crippen molar-refractivity contribution >= 4 is 39.1 Å². The molecular formula is C24H21N7O11. The number of nitro groups is 3. The van der Waals surface area contributed by atoms with Gasteiger partial charge in [0.25, 0.3) is 11.4 Å². The van der Waals surface area contributed by atoms with Crippen molar-refractivity contribution in [1.29, 1.82) is 0 Å². The second-order valence-electron chi connectivity index (χ2n) is 8.75. The Bertz CT molecular complexity index is 1600. The minimum absolute atomic E-state index is 0.106. The molecule has 4 unspecified atom stereocenters. The van der Waals surface area contributed by atoms with E-state index in [1.165, 1.54) is 0 Å². The van der Waals surface area contributed by atoms with Crippen LogP contribution in [0, 0.1) is 30.3 Å². The first-order valence-electron chi connectivity index (χ1n) is 11.8. The molecule has 5 aromatic rings. The second-order valence-corrected chi connectivity index (χ2v) is 8.75. The Morgan fingerprint density at radius 3 is 1.36 bits per heavy atom. The third-order valence-electron chi connectivity index (χ3n) is 6.03. The number of non-ortho nitro benzene ring substituents is 1. The molecule has 5 rings (SSSR count). The molecule has 0 saturated heterocycles. The molecule has 0 saturated carbocycles. The smallest absolute Gasteiger partial charge is 0.324 e. The number of nitro benzene ring substituents is 3. The van der Waals surface area contributed by atoms with E-state index in [0.29, 0.717) is 34.2 Å². The number of phenolic OH excluding ortho intramolecular Hbond substituents is 1. The minimum Gasteiger partial charge on any atom is -0.497 e. The number of para-hydroxylation sites is 4. The standard InChI is InChI=1S/C18H18N4O4.C6H3N3O7/c23-13(15(25)17-19-9-5-1-2-6-10(9)20-17)14(24)16(26)18-21-11-7-3-4-8-12(11)22-18;10-6-4(8(13)14)1-3(7(11)12)2-5(6)9(15)16/h1-8,13-16,23-26H,(H,19,20)(H,21,22);1-2,10H. The fourth-order valence-corrected chi connectivity index (χ4v) is 3.90. The number of hydrogen-bond donors (Lipinski definition) is 7. The maximum Gasteiger partial charge on any atom is 0.324 e. The number of benzene rings is 3. The summed E-state index contributed by atoms with van der Waals surface area (Å²) in [5.74, 6) is -0.996. The van der Waals surface area contributed by atoms with E-state index in [4.69, 9.17) is 5.11 Å². The SMILES string of the molecule is O=[N+]([O-])c1cc([N+](=O)[O-])c(O)c([N+](=O)[O-])c1.OC(c1nc2ccccc2[nH]1)C(O)C(O)C(O)c1nc2ccccc2[nH]1. The quantitative estimate of drug-likeness (QED) is 0.102. The molecule has 0 aliphatic carbocycles. The van der Waals surface area contributed by atoms with Crippen molar-refractivity contribution in [3.05, 3.63) is 103 Å². The third-order valence-corrected chi connectivity index (χ3v) is 6.03. The molecule has 2 heterocycles. The van der Waals surface area contributed by atoms with E-state index in [1.807, 2.05) is 12.1 Å². The maximum absolute atomic E-state index is 10.4. The molecule has 3 aromatic carbocycles. The van der Waals surface area contributed by atoms with Gasteiger partial charge in [0, 0.05) is 0 Å². The average Bonchev–Trinajstić information content (AvgIpc) is 3.60. The van der Waals surface area contributed by atoms with Crippen LogP contribution in [0.15, 0.2) is 60.7 Å². The zero-order chi connectivity index (χ0) is 30.7. The summed E-state index contributed by atoms with van der Waals surface area (Å²) in [5, 5.41) is 81.5. The normalized spacial score (nSPS) is 14.0. The van der Waals surface area contributed by atoms with E-state index in [2.05, 4.69) is 19.9 Å². The first-order valence-corrected chi connectivity index (χ1v) is 11.8. The number of imidazole rings is 2. The lowest BCUT2D eigenvalue weighted by molar-refractivity contribution is -0.404. The van der Waals surface area contributed by atoms with Crippen LogP contribution in [0.5, 0.6) is 5.75 Å². The van der Waals surface area contributed by atoms with Crippen molar-refractivity contribution < 1.29 is 40.3 Å². The van der Waals surface area contributed by atoms with Crippen LogP contribution in [0.25, 0.3) is 22.1 Å². The number of phenols is 1. The van der Waals surface area contributed by atoms with Gasteiger partial charge in [0.15, 0.2) is 0 Å². The zero-order valence-corrected chi connectivity index (χ0v) is 21.0. The molecule has 0 amide bonds. The van der Waals surface area contributed by atoms with E-state index in [1.54, 1.807) is 36.4 Å². The average molecular weight is 583 g/mol. The van der Waals surface area contributed by atoms with Crippen molar-refractivity contribution in [3.63, 3.8) is 0 Å². The van der Waals surface area contributed by atoms with Crippen molar-refractivity contribution in [1.82, 2.24) is 19.9 Å². The Morgan fingerprint density at radius 1 is 0.643 bits per heavy atom. The van der Waals surface area contributed by atoms with E-state index >= 15 is 0 Å². The van der Waals surface area contributed by atoms with Gasteiger partial charge in [-0.05, 0) is 24.3 Å². The van der Waals surface area contributed by atoms with Crippen LogP contribution < -0.4 is 0 Å². The van der Waals surface area contributed by atoms with Crippen LogP contribution in [0.2, 0.25) is 0 Å². The lowest BCUT2D eigenvalue weighted by Gasteiger charge is -2.24. The van der Waals surface area contributed by atoms with Crippen LogP contribution in [0.1, 0.15) is 23.9 Å². The van der Waals surface area contributed by atoms with Gasteiger partial charge >= 0.3 is 11.4 Å². The number of H-pyrrole nitrogens is 2. The van der Waals surface area contributed by atoms with Gasteiger partial charge < -0.3 is 35.5 Å². The molecular weight excluding hydrogens is 562 g/mol. The van der Waals surface area contributed by atoms with Crippen LogP contribution in [0.4, 0.5) is 17.1 Å². The third kappa shape index (κ3) is 5.95. The summed E-state index contributed by atoms with van der Waals surface area (Å²) in [4.78, 5) is 42.0. The molecule has 4 atom stereocenters. The first kappa shape index (κ1) is 29.4. The number of aromatic nitrogens is 4. The Labute approximate surface area is 232 Å². The summed E-state index contributed by atoms with van der Waals surface area (Å²) in [6.07, 6.45) is -6.34. The van der Waals surface area contributed by atoms with Crippen LogP contribution in [0.3, 0.4) is 0 Å². The number of fused-ring (bicyclic) bond motifs is 2. The van der Waals surface area contributed by atoms with E-state index < -0.39 is 62.0 Å². The molecule has 7 N–H and O–H groups in total.